The molecule has 3 nitrogen and oxygen atoms in total. The van der Waals surface area contributed by atoms with Crippen molar-refractivity contribution in [2.75, 3.05) is 0 Å². The summed E-state index contributed by atoms with van der Waals surface area (Å²) in [6.07, 6.45) is -3.69. The van der Waals surface area contributed by atoms with Crippen molar-refractivity contribution in [3.8, 4) is 5.75 Å². The lowest BCUT2D eigenvalue weighted by Crippen LogP contribution is -2.46. The summed E-state index contributed by atoms with van der Waals surface area (Å²) < 4.78 is 40.9. The van der Waals surface area contributed by atoms with Crippen LogP contribution in [0, 0.1) is 6.92 Å². The summed E-state index contributed by atoms with van der Waals surface area (Å²) >= 11 is 0. The number of pyridine rings is 1. The number of aromatic hydroxyl groups is 1. The molecule has 118 valence electrons. The van der Waals surface area contributed by atoms with E-state index in [2.05, 4.69) is 4.98 Å². The SMILES string of the molecule is Cc1cc(C(O)(C(C)c2ccccc2O)C(F)(F)F)ccn1. The molecule has 2 rings (SSSR count). The van der Waals surface area contributed by atoms with Crippen molar-refractivity contribution >= 4 is 0 Å². The van der Waals surface area contributed by atoms with Crippen LogP contribution in [0.2, 0.25) is 0 Å². The van der Waals surface area contributed by atoms with Gasteiger partial charge in [-0.15, -0.1) is 0 Å². The van der Waals surface area contributed by atoms with Crippen molar-refractivity contribution in [3.63, 3.8) is 0 Å². The molecule has 2 atom stereocenters. The zero-order valence-corrected chi connectivity index (χ0v) is 12.1. The van der Waals surface area contributed by atoms with Crippen LogP contribution in [0.1, 0.15) is 29.7 Å². The lowest BCUT2D eigenvalue weighted by Gasteiger charge is -2.36. The van der Waals surface area contributed by atoms with E-state index in [-0.39, 0.29) is 16.9 Å². The van der Waals surface area contributed by atoms with Gasteiger partial charge in [0, 0.05) is 23.4 Å². The minimum atomic E-state index is -4.91. The molecular formula is C16H16F3NO2. The van der Waals surface area contributed by atoms with Gasteiger partial charge in [0.1, 0.15) is 5.75 Å². The molecule has 0 saturated carbocycles. The first-order valence-electron chi connectivity index (χ1n) is 6.68. The van der Waals surface area contributed by atoms with E-state index in [1.54, 1.807) is 6.92 Å². The van der Waals surface area contributed by atoms with Gasteiger partial charge in [0.25, 0.3) is 0 Å². The molecule has 1 heterocycles. The summed E-state index contributed by atoms with van der Waals surface area (Å²) in [4.78, 5) is 3.86. The van der Waals surface area contributed by atoms with Gasteiger partial charge in [-0.25, -0.2) is 0 Å². The summed E-state index contributed by atoms with van der Waals surface area (Å²) in [5, 5.41) is 20.3. The second-order valence-electron chi connectivity index (χ2n) is 5.23. The van der Waals surface area contributed by atoms with Gasteiger partial charge in [-0.1, -0.05) is 25.1 Å². The van der Waals surface area contributed by atoms with Gasteiger partial charge in [-0.05, 0) is 30.7 Å². The molecule has 0 aliphatic rings. The van der Waals surface area contributed by atoms with Gasteiger partial charge in [-0.2, -0.15) is 13.2 Å². The number of hydrogen-bond donors (Lipinski definition) is 2. The number of nitrogens with zero attached hydrogens (tertiary/aromatic N) is 1. The number of aromatic nitrogens is 1. The molecule has 0 aliphatic heterocycles. The first-order valence-corrected chi connectivity index (χ1v) is 6.68. The third kappa shape index (κ3) is 2.66. The average molecular weight is 311 g/mol. The van der Waals surface area contributed by atoms with Crippen LogP contribution in [0.15, 0.2) is 42.6 Å². The highest BCUT2D eigenvalue weighted by Crippen LogP contribution is 2.49. The first kappa shape index (κ1) is 16.3. The second-order valence-corrected chi connectivity index (χ2v) is 5.23. The average Bonchev–Trinajstić information content (AvgIpc) is 2.45. The number of phenolic OH excluding ortho intramolecular Hbond substituents is 1. The number of aryl methyl sites for hydroxylation is 1. The van der Waals surface area contributed by atoms with Gasteiger partial charge in [-0.3, -0.25) is 4.98 Å². The fraction of sp³-hybridized carbons (Fsp3) is 0.312. The zero-order chi connectivity index (χ0) is 16.5. The Labute approximate surface area is 126 Å². The van der Waals surface area contributed by atoms with E-state index in [4.69, 9.17) is 0 Å². The smallest absolute Gasteiger partial charge is 0.422 e. The van der Waals surface area contributed by atoms with E-state index in [0.717, 1.165) is 6.07 Å². The van der Waals surface area contributed by atoms with Crippen molar-refractivity contribution in [3.05, 3.63) is 59.4 Å². The molecule has 1 aromatic heterocycles. The molecule has 0 radical (unpaired) electrons. The maximum absolute atomic E-state index is 13.6. The number of phenols is 1. The molecular weight excluding hydrogens is 295 g/mol. The topological polar surface area (TPSA) is 53.4 Å². The summed E-state index contributed by atoms with van der Waals surface area (Å²) in [5.74, 6) is -1.68. The van der Waals surface area contributed by atoms with Gasteiger partial charge in [0.15, 0.2) is 5.60 Å². The van der Waals surface area contributed by atoms with Crippen molar-refractivity contribution in [2.45, 2.75) is 31.5 Å². The highest BCUT2D eigenvalue weighted by atomic mass is 19.4. The molecule has 1 aromatic carbocycles. The Kier molecular flexibility index (Phi) is 4.15. The first-order chi connectivity index (χ1) is 10.2. The monoisotopic (exact) mass is 311 g/mol. The van der Waals surface area contributed by atoms with Crippen molar-refractivity contribution < 1.29 is 23.4 Å². The molecule has 2 N–H and O–H groups in total. The van der Waals surface area contributed by atoms with Crippen LogP contribution in [0.25, 0.3) is 0 Å². The van der Waals surface area contributed by atoms with Crippen molar-refractivity contribution in [1.82, 2.24) is 4.98 Å². The standard InChI is InChI=1S/C16H16F3NO2/c1-10-9-12(7-8-20-10)15(22,16(17,18)19)11(2)13-5-3-4-6-14(13)21/h3-9,11,21-22H,1-2H3. The predicted octanol–water partition coefficient (Wildman–Crippen LogP) is 3.65. The van der Waals surface area contributed by atoms with Gasteiger partial charge in [0.05, 0.1) is 0 Å². The molecule has 0 bridgehead atoms. The van der Waals surface area contributed by atoms with Crippen LogP contribution in [0.5, 0.6) is 5.75 Å². The Balaban J connectivity index is 2.63. The summed E-state index contributed by atoms with van der Waals surface area (Å²) in [6, 6.07) is 8.01. The Hall–Kier alpha value is -2.08. The molecule has 0 spiro atoms. The van der Waals surface area contributed by atoms with E-state index in [9.17, 15) is 23.4 Å². The molecule has 0 aliphatic carbocycles. The number of halogens is 3. The molecule has 0 amide bonds. The normalized spacial score (nSPS) is 16.1. The molecule has 22 heavy (non-hydrogen) atoms. The van der Waals surface area contributed by atoms with E-state index < -0.39 is 17.7 Å². The van der Waals surface area contributed by atoms with Crippen molar-refractivity contribution in [1.29, 1.82) is 0 Å². The number of aliphatic hydroxyl groups is 1. The van der Waals surface area contributed by atoms with Gasteiger partial charge in [0.2, 0.25) is 0 Å². The third-order valence-electron chi connectivity index (χ3n) is 3.80. The number of benzene rings is 1. The highest BCUT2D eigenvalue weighted by molar-refractivity contribution is 5.39. The maximum Gasteiger partial charge on any atom is 0.422 e. The minimum absolute atomic E-state index is 0.0248. The maximum atomic E-state index is 13.6. The number of alkyl halides is 3. The second kappa shape index (κ2) is 5.61. The van der Waals surface area contributed by atoms with Crippen LogP contribution in [0.3, 0.4) is 0 Å². The molecule has 2 aromatic rings. The van der Waals surface area contributed by atoms with Crippen molar-refractivity contribution in [2.24, 2.45) is 0 Å². The Morgan fingerprint density at radius 3 is 2.32 bits per heavy atom. The third-order valence-corrected chi connectivity index (χ3v) is 3.80. The molecule has 2 unspecified atom stereocenters. The zero-order valence-electron chi connectivity index (χ0n) is 12.1. The number of hydrogen-bond acceptors (Lipinski definition) is 3. The largest absolute Gasteiger partial charge is 0.508 e. The summed E-state index contributed by atoms with van der Waals surface area (Å²) in [6.45, 7) is 2.78. The summed E-state index contributed by atoms with van der Waals surface area (Å²) in [5.41, 5.74) is -3.04. The fourth-order valence-corrected chi connectivity index (χ4v) is 2.52. The lowest BCUT2D eigenvalue weighted by molar-refractivity contribution is -0.274. The number of rotatable bonds is 3. The molecule has 0 fully saturated rings. The van der Waals surface area contributed by atoms with Crippen LogP contribution in [0.4, 0.5) is 13.2 Å². The Morgan fingerprint density at radius 1 is 1.14 bits per heavy atom. The van der Waals surface area contributed by atoms with E-state index >= 15 is 0 Å². The van der Waals surface area contributed by atoms with Crippen LogP contribution in [-0.4, -0.2) is 21.4 Å². The van der Waals surface area contributed by atoms with Gasteiger partial charge < -0.3 is 10.2 Å². The van der Waals surface area contributed by atoms with Crippen LogP contribution in [-0.2, 0) is 5.60 Å². The highest BCUT2D eigenvalue weighted by Gasteiger charge is 2.59. The molecule has 6 heteroatoms. The van der Waals surface area contributed by atoms with Crippen LogP contribution < -0.4 is 0 Å². The predicted molar refractivity (Wildman–Crippen MR) is 75.4 cm³/mol. The quantitative estimate of drug-likeness (QED) is 0.910. The lowest BCUT2D eigenvalue weighted by atomic mass is 9.77. The molecule has 0 saturated heterocycles. The van der Waals surface area contributed by atoms with E-state index in [1.807, 2.05) is 0 Å². The van der Waals surface area contributed by atoms with E-state index in [0.29, 0.717) is 5.69 Å². The summed E-state index contributed by atoms with van der Waals surface area (Å²) in [7, 11) is 0. The van der Waals surface area contributed by atoms with Gasteiger partial charge >= 0.3 is 6.18 Å². The fourth-order valence-electron chi connectivity index (χ4n) is 2.52. The van der Waals surface area contributed by atoms with Crippen LogP contribution >= 0.6 is 0 Å². The Morgan fingerprint density at radius 2 is 1.77 bits per heavy atom. The number of para-hydroxylation sites is 1. The Bertz CT molecular complexity index is 672. The van der Waals surface area contributed by atoms with E-state index in [1.165, 1.54) is 43.5 Å². The minimum Gasteiger partial charge on any atom is -0.508 e.